The average molecular weight is 137 g/mol. The molecule has 0 atom stereocenters. The Kier molecular flexibility index (Phi) is 0.858. The topological polar surface area (TPSA) is 71.8 Å². The van der Waals surface area contributed by atoms with E-state index >= 15 is 0 Å². The SMILES string of the molecule is O=c1[nH]ncc2conc12. The Morgan fingerprint density at radius 3 is 3.30 bits per heavy atom. The van der Waals surface area contributed by atoms with Crippen LogP contribution in [0.15, 0.2) is 21.8 Å². The Bertz CT molecular complexity index is 402. The lowest BCUT2D eigenvalue weighted by molar-refractivity contribution is 0.428. The van der Waals surface area contributed by atoms with E-state index in [0.29, 0.717) is 5.39 Å². The van der Waals surface area contributed by atoms with E-state index in [0.717, 1.165) is 0 Å². The fourth-order valence-electron chi connectivity index (χ4n) is 0.722. The highest BCUT2D eigenvalue weighted by Crippen LogP contribution is 2.01. The van der Waals surface area contributed by atoms with Crippen LogP contribution in [0.3, 0.4) is 0 Å². The molecule has 2 heterocycles. The summed E-state index contributed by atoms with van der Waals surface area (Å²) >= 11 is 0. The third-order valence-corrected chi connectivity index (χ3v) is 1.18. The molecule has 2 aromatic heterocycles. The summed E-state index contributed by atoms with van der Waals surface area (Å²) in [4.78, 5) is 10.8. The molecule has 2 rings (SSSR count). The van der Waals surface area contributed by atoms with Crippen molar-refractivity contribution in [3.05, 3.63) is 22.8 Å². The van der Waals surface area contributed by atoms with Crippen molar-refractivity contribution in [2.45, 2.75) is 0 Å². The highest BCUT2D eigenvalue weighted by Gasteiger charge is 2.00. The van der Waals surface area contributed by atoms with Crippen LogP contribution in [0.1, 0.15) is 0 Å². The van der Waals surface area contributed by atoms with Gasteiger partial charge in [-0.25, -0.2) is 5.10 Å². The van der Waals surface area contributed by atoms with E-state index < -0.39 is 0 Å². The zero-order valence-electron chi connectivity index (χ0n) is 4.87. The van der Waals surface area contributed by atoms with Crippen molar-refractivity contribution in [2.24, 2.45) is 0 Å². The molecule has 0 amide bonds. The van der Waals surface area contributed by atoms with Gasteiger partial charge in [0.05, 0.1) is 11.6 Å². The van der Waals surface area contributed by atoms with Gasteiger partial charge in [0.1, 0.15) is 6.26 Å². The molecule has 0 aromatic carbocycles. The Labute approximate surface area is 54.6 Å². The fourth-order valence-corrected chi connectivity index (χ4v) is 0.722. The quantitative estimate of drug-likeness (QED) is 0.550. The number of hydrogen-bond donors (Lipinski definition) is 1. The minimum atomic E-state index is -0.328. The van der Waals surface area contributed by atoms with Crippen molar-refractivity contribution in [1.29, 1.82) is 0 Å². The van der Waals surface area contributed by atoms with Gasteiger partial charge in [0.15, 0.2) is 5.52 Å². The molecule has 0 aliphatic heterocycles. The summed E-state index contributed by atoms with van der Waals surface area (Å²) in [6.45, 7) is 0. The Morgan fingerprint density at radius 1 is 1.60 bits per heavy atom. The van der Waals surface area contributed by atoms with Gasteiger partial charge in [0, 0.05) is 0 Å². The number of nitrogens with zero attached hydrogens (tertiary/aromatic N) is 2. The summed E-state index contributed by atoms with van der Waals surface area (Å²) in [7, 11) is 0. The van der Waals surface area contributed by atoms with Gasteiger partial charge in [0.25, 0.3) is 5.56 Å². The average Bonchev–Trinajstić information content (AvgIpc) is 2.36. The number of hydrogen-bond acceptors (Lipinski definition) is 4. The molecule has 1 N–H and O–H groups in total. The Morgan fingerprint density at radius 2 is 2.50 bits per heavy atom. The molecule has 0 saturated heterocycles. The van der Waals surface area contributed by atoms with Gasteiger partial charge in [-0.3, -0.25) is 4.79 Å². The van der Waals surface area contributed by atoms with Gasteiger partial charge in [-0.1, -0.05) is 5.16 Å². The second-order valence-corrected chi connectivity index (χ2v) is 1.82. The number of fused-ring (bicyclic) bond motifs is 1. The molecule has 0 bridgehead atoms. The molecule has 0 fully saturated rings. The maximum atomic E-state index is 10.8. The van der Waals surface area contributed by atoms with Crippen molar-refractivity contribution < 1.29 is 4.52 Å². The van der Waals surface area contributed by atoms with Crippen LogP contribution in [0.2, 0.25) is 0 Å². The van der Waals surface area contributed by atoms with Crippen LogP contribution in [-0.2, 0) is 0 Å². The third-order valence-electron chi connectivity index (χ3n) is 1.18. The van der Waals surface area contributed by atoms with E-state index in [9.17, 15) is 4.79 Å². The van der Waals surface area contributed by atoms with Gasteiger partial charge >= 0.3 is 0 Å². The lowest BCUT2D eigenvalue weighted by atomic mass is 10.4. The maximum Gasteiger partial charge on any atom is 0.294 e. The second kappa shape index (κ2) is 1.66. The van der Waals surface area contributed by atoms with Crippen LogP contribution < -0.4 is 5.56 Å². The van der Waals surface area contributed by atoms with Crippen LogP contribution in [0, 0.1) is 0 Å². The van der Waals surface area contributed by atoms with E-state index in [4.69, 9.17) is 0 Å². The standard InChI is InChI=1S/C5H3N3O2/c9-5-4-3(1-6-7-5)2-10-8-4/h1-2H,(H,7,9). The summed E-state index contributed by atoms with van der Waals surface area (Å²) in [6, 6.07) is 0. The van der Waals surface area contributed by atoms with Crippen molar-refractivity contribution in [3.8, 4) is 0 Å². The van der Waals surface area contributed by atoms with Gasteiger partial charge in [0.2, 0.25) is 0 Å². The zero-order valence-corrected chi connectivity index (χ0v) is 4.87. The van der Waals surface area contributed by atoms with Crippen molar-refractivity contribution in [2.75, 3.05) is 0 Å². The van der Waals surface area contributed by atoms with E-state index in [1.54, 1.807) is 0 Å². The number of rotatable bonds is 0. The molecule has 0 unspecified atom stereocenters. The van der Waals surface area contributed by atoms with Crippen LogP contribution >= 0.6 is 0 Å². The first kappa shape index (κ1) is 5.16. The monoisotopic (exact) mass is 137 g/mol. The molecule has 10 heavy (non-hydrogen) atoms. The lowest BCUT2D eigenvalue weighted by Gasteiger charge is -1.79. The molecule has 2 aromatic rings. The Hall–Kier alpha value is -1.65. The normalized spacial score (nSPS) is 10.4. The predicted octanol–water partition coefficient (Wildman–Crippen LogP) is -0.0889. The molecule has 0 aliphatic rings. The summed E-state index contributed by atoms with van der Waals surface area (Å²) in [6.07, 6.45) is 2.85. The molecule has 50 valence electrons. The number of H-pyrrole nitrogens is 1. The van der Waals surface area contributed by atoms with Crippen molar-refractivity contribution in [3.63, 3.8) is 0 Å². The molecule has 0 radical (unpaired) electrons. The molecular weight excluding hydrogens is 134 g/mol. The third kappa shape index (κ3) is 0.540. The first-order valence-corrected chi connectivity index (χ1v) is 2.66. The van der Waals surface area contributed by atoms with Gasteiger partial charge in [-0.15, -0.1) is 0 Å². The molecule has 0 saturated carbocycles. The minimum absolute atomic E-state index is 0.287. The summed E-state index contributed by atoms with van der Waals surface area (Å²) in [5.41, 5.74) is -0.0405. The van der Waals surface area contributed by atoms with Crippen LogP contribution in [0.5, 0.6) is 0 Å². The van der Waals surface area contributed by atoms with Gasteiger partial charge in [-0.05, 0) is 0 Å². The predicted molar refractivity (Wildman–Crippen MR) is 32.4 cm³/mol. The van der Waals surface area contributed by atoms with Crippen LogP contribution in [-0.4, -0.2) is 15.4 Å². The summed E-state index contributed by atoms with van der Waals surface area (Å²) in [5, 5.41) is 9.85. The highest BCUT2D eigenvalue weighted by molar-refractivity contribution is 5.74. The van der Waals surface area contributed by atoms with Gasteiger partial charge in [-0.2, -0.15) is 5.10 Å². The maximum absolute atomic E-state index is 10.8. The minimum Gasteiger partial charge on any atom is -0.363 e. The summed E-state index contributed by atoms with van der Waals surface area (Å²) in [5.74, 6) is 0. The summed E-state index contributed by atoms with van der Waals surface area (Å²) < 4.78 is 4.54. The molecule has 0 spiro atoms. The van der Waals surface area contributed by atoms with E-state index in [1.165, 1.54) is 12.5 Å². The van der Waals surface area contributed by atoms with Crippen LogP contribution in [0.4, 0.5) is 0 Å². The molecule has 5 heteroatoms. The van der Waals surface area contributed by atoms with Crippen LogP contribution in [0.25, 0.3) is 10.9 Å². The second-order valence-electron chi connectivity index (χ2n) is 1.82. The fraction of sp³-hybridized carbons (Fsp3) is 0. The Balaban J connectivity index is 3.09. The highest BCUT2D eigenvalue weighted by atomic mass is 16.5. The molecule has 5 nitrogen and oxygen atoms in total. The molecular formula is C5H3N3O2. The number of nitrogens with one attached hydrogen (secondary N) is 1. The van der Waals surface area contributed by atoms with E-state index in [1.807, 2.05) is 0 Å². The van der Waals surface area contributed by atoms with E-state index in [-0.39, 0.29) is 11.1 Å². The largest absolute Gasteiger partial charge is 0.363 e. The van der Waals surface area contributed by atoms with Crippen molar-refractivity contribution in [1.82, 2.24) is 15.4 Å². The van der Waals surface area contributed by atoms with E-state index in [2.05, 4.69) is 19.9 Å². The molecule has 0 aliphatic carbocycles. The smallest absolute Gasteiger partial charge is 0.294 e. The number of aromatic amines is 1. The van der Waals surface area contributed by atoms with Crippen molar-refractivity contribution >= 4 is 10.9 Å². The first-order chi connectivity index (χ1) is 4.88. The van der Waals surface area contributed by atoms with Gasteiger partial charge < -0.3 is 4.52 Å². The number of aromatic nitrogens is 3. The zero-order chi connectivity index (χ0) is 6.97. The lowest BCUT2D eigenvalue weighted by Crippen LogP contribution is -2.06. The first-order valence-electron chi connectivity index (χ1n) is 2.66.